The molecule has 1 unspecified atom stereocenters. The molecule has 62 valence electrons. The number of carboxylic acids is 1. The van der Waals surface area contributed by atoms with Gasteiger partial charge in [0.2, 0.25) is 6.10 Å². The fourth-order valence-corrected chi connectivity index (χ4v) is 0.775. The Morgan fingerprint density at radius 1 is 1.55 bits per heavy atom. The van der Waals surface area contributed by atoms with Crippen LogP contribution < -0.4 is 0 Å². The van der Waals surface area contributed by atoms with Crippen molar-refractivity contribution in [2.45, 2.75) is 6.10 Å². The Kier molecular flexibility index (Phi) is 2.56. The third-order valence-corrected chi connectivity index (χ3v) is 1.27. The maximum atomic E-state index is 10.8. The first-order chi connectivity index (χ1) is 5.22. The highest BCUT2D eigenvalue weighted by Gasteiger charge is 2.28. The molecule has 0 amide bonds. The summed E-state index contributed by atoms with van der Waals surface area (Å²) >= 11 is 0. The van der Waals surface area contributed by atoms with Gasteiger partial charge < -0.3 is 14.6 Å². The van der Waals surface area contributed by atoms with Crippen molar-refractivity contribution < 1.29 is 24.2 Å². The van der Waals surface area contributed by atoms with E-state index in [9.17, 15) is 9.59 Å². The molecule has 0 bridgehead atoms. The van der Waals surface area contributed by atoms with Crippen molar-refractivity contribution in [2.24, 2.45) is 0 Å². The molecule has 0 saturated carbocycles. The number of carboxylic acid groups (broad SMARTS) is 1. The van der Waals surface area contributed by atoms with Crippen molar-refractivity contribution in [1.82, 2.24) is 0 Å². The minimum Gasteiger partial charge on any atom is -0.479 e. The van der Waals surface area contributed by atoms with Gasteiger partial charge in [-0.25, -0.2) is 4.79 Å². The van der Waals surface area contributed by atoms with E-state index in [4.69, 9.17) is 14.6 Å². The van der Waals surface area contributed by atoms with E-state index in [-0.39, 0.29) is 19.8 Å². The van der Waals surface area contributed by atoms with E-state index in [1.54, 1.807) is 0 Å². The fourth-order valence-electron chi connectivity index (χ4n) is 0.775. The van der Waals surface area contributed by atoms with Gasteiger partial charge in [-0.2, -0.15) is 0 Å². The Labute approximate surface area is 62.9 Å². The summed E-state index contributed by atoms with van der Waals surface area (Å²) < 4.78 is 9.45. The molecule has 5 nitrogen and oxygen atoms in total. The van der Waals surface area contributed by atoms with Gasteiger partial charge in [0, 0.05) is 0 Å². The number of hydrogen-bond donors (Lipinski definition) is 1. The molecule has 11 heavy (non-hydrogen) atoms. The van der Waals surface area contributed by atoms with Gasteiger partial charge in [-0.15, -0.1) is 0 Å². The number of hydrogen-bond acceptors (Lipinski definition) is 4. The molecule has 0 aromatic heterocycles. The van der Waals surface area contributed by atoms with Gasteiger partial charge in [0.1, 0.15) is 6.61 Å². The van der Waals surface area contributed by atoms with E-state index in [1.165, 1.54) is 0 Å². The lowest BCUT2D eigenvalue weighted by atomic mass is 10.2. The molecule has 1 heterocycles. The van der Waals surface area contributed by atoms with Gasteiger partial charge in [-0.3, -0.25) is 4.79 Å². The molecule has 5 heteroatoms. The monoisotopic (exact) mass is 160 g/mol. The lowest BCUT2D eigenvalue weighted by molar-refractivity contribution is -0.154. The summed E-state index contributed by atoms with van der Waals surface area (Å²) in [5.74, 6) is -1.78. The predicted octanol–water partition coefficient (Wildman–Crippen LogP) is -0.944. The predicted molar refractivity (Wildman–Crippen MR) is 33.2 cm³/mol. The van der Waals surface area contributed by atoms with Crippen LogP contribution in [-0.2, 0) is 19.1 Å². The normalized spacial score (nSPS) is 26.2. The second-order valence-electron chi connectivity index (χ2n) is 2.11. The van der Waals surface area contributed by atoms with Crippen LogP contribution in [0.4, 0.5) is 0 Å². The average molecular weight is 160 g/mol. The molecule has 1 atom stereocenters. The molecule has 1 rings (SSSR count). The molecule has 1 aliphatic heterocycles. The van der Waals surface area contributed by atoms with Gasteiger partial charge in [-0.1, -0.05) is 0 Å². The number of aliphatic carboxylic acids is 1. The second kappa shape index (κ2) is 3.45. The van der Waals surface area contributed by atoms with Crippen molar-refractivity contribution in [1.29, 1.82) is 0 Å². The van der Waals surface area contributed by atoms with Gasteiger partial charge in [0.05, 0.1) is 13.2 Å². The molecular weight excluding hydrogens is 152 g/mol. The molecule has 1 saturated heterocycles. The first-order valence-electron chi connectivity index (χ1n) is 3.16. The first kappa shape index (κ1) is 8.16. The summed E-state index contributed by atoms with van der Waals surface area (Å²) in [5.41, 5.74) is 0. The minimum absolute atomic E-state index is 0.155. The maximum Gasteiger partial charge on any atom is 0.340 e. The van der Waals surface area contributed by atoms with Crippen LogP contribution in [0.5, 0.6) is 0 Å². The molecule has 0 aromatic rings. The number of carbonyl (C=O) groups excluding carboxylic acids is 1. The van der Waals surface area contributed by atoms with Crippen molar-refractivity contribution in [3.63, 3.8) is 0 Å². The number of carbonyl (C=O) groups is 2. The average Bonchev–Trinajstić information content (AvgIpc) is 2.13. The lowest BCUT2D eigenvalue weighted by Gasteiger charge is -2.05. The smallest absolute Gasteiger partial charge is 0.340 e. The number of rotatable bonds is 1. The van der Waals surface area contributed by atoms with Gasteiger partial charge in [0.25, 0.3) is 0 Å². The van der Waals surface area contributed by atoms with Crippen LogP contribution in [0.3, 0.4) is 0 Å². The van der Waals surface area contributed by atoms with E-state index >= 15 is 0 Å². The third-order valence-electron chi connectivity index (χ3n) is 1.27. The highest BCUT2D eigenvalue weighted by atomic mass is 16.6. The van der Waals surface area contributed by atoms with Crippen LogP contribution in [0.15, 0.2) is 0 Å². The number of ether oxygens (including phenoxy) is 2. The molecule has 1 N–H and O–H groups in total. The van der Waals surface area contributed by atoms with Crippen molar-refractivity contribution in [2.75, 3.05) is 19.8 Å². The van der Waals surface area contributed by atoms with Crippen LogP contribution in [0.2, 0.25) is 0 Å². The van der Waals surface area contributed by atoms with E-state index in [0.29, 0.717) is 0 Å². The van der Waals surface area contributed by atoms with Crippen LogP contribution in [0.1, 0.15) is 0 Å². The molecular formula is C6H8O5. The van der Waals surface area contributed by atoms with E-state index in [2.05, 4.69) is 0 Å². The zero-order chi connectivity index (χ0) is 8.27. The first-order valence-corrected chi connectivity index (χ1v) is 3.16. The van der Waals surface area contributed by atoms with Gasteiger partial charge in [-0.05, 0) is 0 Å². The quantitative estimate of drug-likeness (QED) is 0.501. The van der Waals surface area contributed by atoms with E-state index < -0.39 is 17.9 Å². The second-order valence-corrected chi connectivity index (χ2v) is 2.11. The number of ketones is 1. The van der Waals surface area contributed by atoms with Crippen molar-refractivity contribution in [3.8, 4) is 0 Å². The summed E-state index contributed by atoms with van der Waals surface area (Å²) in [6, 6.07) is 0. The molecule has 1 fully saturated rings. The summed E-state index contributed by atoms with van der Waals surface area (Å²) in [5, 5.41) is 8.43. The molecule has 1 aliphatic rings. The van der Waals surface area contributed by atoms with Crippen LogP contribution in [0.25, 0.3) is 0 Å². The molecule has 0 aromatic carbocycles. The van der Waals surface area contributed by atoms with Crippen LogP contribution in [-0.4, -0.2) is 42.8 Å². The maximum absolute atomic E-state index is 10.8. The van der Waals surface area contributed by atoms with Gasteiger partial charge in [0.15, 0.2) is 5.78 Å². The number of Topliss-reactive ketones (excluding diaryl/α,β-unsaturated/α-hetero) is 1. The Morgan fingerprint density at radius 3 is 2.91 bits per heavy atom. The van der Waals surface area contributed by atoms with E-state index in [0.717, 1.165) is 0 Å². The Balaban J connectivity index is 2.59. The van der Waals surface area contributed by atoms with Crippen molar-refractivity contribution >= 4 is 11.8 Å². The fraction of sp³-hybridized carbons (Fsp3) is 0.667. The molecule has 0 radical (unpaired) electrons. The summed E-state index contributed by atoms with van der Waals surface area (Å²) in [4.78, 5) is 21.1. The summed E-state index contributed by atoms with van der Waals surface area (Å²) in [6.07, 6.45) is -1.34. The third kappa shape index (κ3) is 1.99. The Hall–Kier alpha value is -0.940. The summed E-state index contributed by atoms with van der Waals surface area (Å²) in [7, 11) is 0. The van der Waals surface area contributed by atoms with Crippen LogP contribution in [0, 0.1) is 0 Å². The minimum atomic E-state index is -1.34. The Bertz CT molecular complexity index is 176. The van der Waals surface area contributed by atoms with Crippen LogP contribution >= 0.6 is 0 Å². The van der Waals surface area contributed by atoms with Gasteiger partial charge >= 0.3 is 5.97 Å². The zero-order valence-corrected chi connectivity index (χ0v) is 5.78. The lowest BCUT2D eigenvalue weighted by Crippen LogP contribution is -2.33. The summed E-state index contributed by atoms with van der Waals surface area (Å²) in [6.45, 7) is 0.259. The molecule has 0 spiro atoms. The highest BCUT2D eigenvalue weighted by Crippen LogP contribution is 1.99. The highest BCUT2D eigenvalue weighted by molar-refractivity contribution is 6.01. The largest absolute Gasteiger partial charge is 0.479 e. The Morgan fingerprint density at radius 2 is 2.27 bits per heavy atom. The zero-order valence-electron chi connectivity index (χ0n) is 5.78. The van der Waals surface area contributed by atoms with Crippen molar-refractivity contribution in [3.05, 3.63) is 0 Å². The SMILES string of the molecule is O=C(O)C1OCCOCC1=O. The molecule has 0 aliphatic carbocycles. The van der Waals surface area contributed by atoms with E-state index in [1.807, 2.05) is 0 Å². The topological polar surface area (TPSA) is 72.8 Å². The standard InChI is InChI=1S/C6H8O5/c7-4-3-10-1-2-11-5(4)6(8)9/h5H,1-3H2,(H,8,9).